The van der Waals surface area contributed by atoms with E-state index in [0.29, 0.717) is 15.8 Å². The first-order valence-electron chi connectivity index (χ1n) is 11.2. The standard InChI is InChI=1S/C26H25Br2N3O5S/c1-5-14-9-16(27)8-13(2)23(14)30-20(32)12-37-25-17(11-29)21(22(24(33)31-25)26(34)36-4)15-6-7-19(35-3)18(28)10-15/h6-10,21-22H,5,12H2,1-4H3,(H,30,32)(H,31,33)/t21-,22+/m0/s1. The lowest BCUT2D eigenvalue weighted by Gasteiger charge is -2.31. The molecule has 1 aliphatic rings. The molecule has 1 aliphatic heterocycles. The minimum Gasteiger partial charge on any atom is -0.496 e. The van der Waals surface area contributed by atoms with Gasteiger partial charge in [-0.2, -0.15) is 5.26 Å². The second-order valence-electron chi connectivity index (χ2n) is 8.16. The van der Waals surface area contributed by atoms with Crippen molar-refractivity contribution in [1.82, 2.24) is 5.32 Å². The summed E-state index contributed by atoms with van der Waals surface area (Å²) >= 11 is 7.93. The molecule has 0 unspecified atom stereocenters. The zero-order valence-electron chi connectivity index (χ0n) is 20.6. The predicted octanol–water partition coefficient (Wildman–Crippen LogP) is 5.20. The lowest BCUT2D eigenvalue weighted by atomic mass is 9.78. The maximum Gasteiger partial charge on any atom is 0.319 e. The van der Waals surface area contributed by atoms with Gasteiger partial charge in [-0.1, -0.05) is 40.7 Å². The molecule has 0 bridgehead atoms. The van der Waals surface area contributed by atoms with E-state index in [1.54, 1.807) is 18.2 Å². The van der Waals surface area contributed by atoms with Gasteiger partial charge in [-0.3, -0.25) is 14.4 Å². The van der Waals surface area contributed by atoms with Crippen LogP contribution in [0.3, 0.4) is 0 Å². The van der Waals surface area contributed by atoms with E-state index in [2.05, 4.69) is 48.6 Å². The lowest BCUT2D eigenvalue weighted by Crippen LogP contribution is -2.44. The van der Waals surface area contributed by atoms with Crippen LogP contribution in [0, 0.1) is 24.2 Å². The van der Waals surface area contributed by atoms with Crippen LogP contribution in [0.1, 0.15) is 29.5 Å². The van der Waals surface area contributed by atoms with Crippen molar-refractivity contribution in [3.63, 3.8) is 0 Å². The molecule has 2 amide bonds. The summed E-state index contributed by atoms with van der Waals surface area (Å²) in [6.07, 6.45) is 0.733. The van der Waals surface area contributed by atoms with Crippen LogP contribution < -0.4 is 15.4 Å². The summed E-state index contributed by atoms with van der Waals surface area (Å²) in [5, 5.41) is 15.9. The number of anilines is 1. The first-order chi connectivity index (χ1) is 17.6. The summed E-state index contributed by atoms with van der Waals surface area (Å²) in [7, 11) is 2.71. The number of halogens is 2. The number of nitriles is 1. The highest BCUT2D eigenvalue weighted by molar-refractivity contribution is 9.10. The van der Waals surface area contributed by atoms with Crippen molar-refractivity contribution in [2.75, 3.05) is 25.3 Å². The van der Waals surface area contributed by atoms with Crippen molar-refractivity contribution in [2.24, 2.45) is 5.92 Å². The van der Waals surface area contributed by atoms with E-state index in [4.69, 9.17) is 9.47 Å². The normalized spacial score (nSPS) is 17.1. The van der Waals surface area contributed by atoms with E-state index in [0.717, 1.165) is 39.5 Å². The molecular formula is C26H25Br2N3O5S. The number of rotatable bonds is 8. The molecule has 2 atom stereocenters. The van der Waals surface area contributed by atoms with Gasteiger partial charge in [0.1, 0.15) is 11.7 Å². The highest BCUT2D eigenvalue weighted by atomic mass is 79.9. The molecule has 11 heteroatoms. The maximum atomic E-state index is 13.0. The van der Waals surface area contributed by atoms with Gasteiger partial charge in [0, 0.05) is 16.1 Å². The minimum atomic E-state index is -1.27. The Kier molecular flexibility index (Phi) is 9.81. The van der Waals surface area contributed by atoms with Crippen LogP contribution in [0.15, 0.2) is 49.9 Å². The van der Waals surface area contributed by atoms with Gasteiger partial charge in [-0.15, -0.1) is 0 Å². The Morgan fingerprint density at radius 2 is 1.95 bits per heavy atom. The van der Waals surface area contributed by atoms with E-state index in [1.807, 2.05) is 26.0 Å². The fourth-order valence-electron chi connectivity index (χ4n) is 4.14. The third kappa shape index (κ3) is 6.37. The van der Waals surface area contributed by atoms with Crippen molar-refractivity contribution < 1.29 is 23.9 Å². The number of carbonyl (C=O) groups is 3. The molecule has 194 valence electrons. The topological polar surface area (TPSA) is 118 Å². The number of esters is 1. The number of hydrogen-bond acceptors (Lipinski definition) is 7. The number of nitrogens with one attached hydrogen (secondary N) is 2. The van der Waals surface area contributed by atoms with Crippen LogP contribution in [-0.4, -0.2) is 37.8 Å². The number of amides is 2. The van der Waals surface area contributed by atoms with Crippen LogP contribution in [0.25, 0.3) is 0 Å². The highest BCUT2D eigenvalue weighted by Gasteiger charge is 2.44. The zero-order valence-corrected chi connectivity index (χ0v) is 24.6. The van der Waals surface area contributed by atoms with Gasteiger partial charge >= 0.3 is 5.97 Å². The fourth-order valence-corrected chi connectivity index (χ4v) is 6.17. The van der Waals surface area contributed by atoms with Crippen molar-refractivity contribution in [2.45, 2.75) is 26.2 Å². The molecule has 2 aromatic carbocycles. The monoisotopic (exact) mass is 649 g/mol. The molecule has 3 rings (SSSR count). The van der Waals surface area contributed by atoms with E-state index in [-0.39, 0.29) is 22.3 Å². The number of aryl methyl sites for hydroxylation is 2. The van der Waals surface area contributed by atoms with E-state index >= 15 is 0 Å². The van der Waals surface area contributed by atoms with Gasteiger partial charge in [0.05, 0.1) is 41.1 Å². The summed E-state index contributed by atoms with van der Waals surface area (Å²) in [6, 6.07) is 11.1. The van der Waals surface area contributed by atoms with Crippen LogP contribution in [-0.2, 0) is 25.5 Å². The largest absolute Gasteiger partial charge is 0.496 e. The van der Waals surface area contributed by atoms with Crippen molar-refractivity contribution in [3.05, 3.63) is 66.6 Å². The molecule has 0 saturated heterocycles. The van der Waals surface area contributed by atoms with Gasteiger partial charge in [0.25, 0.3) is 0 Å². The number of hydrogen-bond donors (Lipinski definition) is 2. The van der Waals surface area contributed by atoms with Crippen molar-refractivity contribution >= 4 is 67.1 Å². The molecule has 0 spiro atoms. The van der Waals surface area contributed by atoms with Gasteiger partial charge < -0.3 is 20.1 Å². The number of carbonyl (C=O) groups excluding carboxylic acids is 3. The lowest BCUT2D eigenvalue weighted by molar-refractivity contribution is -0.150. The SMILES string of the molecule is CCc1cc(Br)cc(C)c1NC(=O)CSC1=C(C#N)[C@H](c2ccc(OC)c(Br)c2)[C@@H](C(=O)OC)C(=O)N1. The second-order valence-corrected chi connectivity index (χ2v) is 10.9. The Balaban J connectivity index is 1.94. The van der Waals surface area contributed by atoms with Gasteiger partial charge in [0.2, 0.25) is 11.8 Å². The van der Waals surface area contributed by atoms with Gasteiger partial charge in [-0.05, 0) is 70.2 Å². The average molecular weight is 651 g/mol. The minimum absolute atomic E-state index is 0.0542. The number of ether oxygens (including phenoxy) is 2. The molecule has 8 nitrogen and oxygen atoms in total. The third-order valence-corrected chi connectivity index (χ3v) is 7.99. The molecule has 2 aromatic rings. The number of thioether (sulfide) groups is 1. The zero-order chi connectivity index (χ0) is 27.3. The number of benzene rings is 2. The Morgan fingerprint density at radius 3 is 2.54 bits per heavy atom. The van der Waals surface area contributed by atoms with E-state index in [1.165, 1.54) is 14.2 Å². The summed E-state index contributed by atoms with van der Waals surface area (Å²) in [4.78, 5) is 38.5. The first-order valence-corrected chi connectivity index (χ1v) is 13.8. The molecule has 2 N–H and O–H groups in total. The molecule has 0 aliphatic carbocycles. The van der Waals surface area contributed by atoms with Crippen molar-refractivity contribution in [3.8, 4) is 11.8 Å². The number of methoxy groups -OCH3 is 2. The Morgan fingerprint density at radius 1 is 1.22 bits per heavy atom. The highest BCUT2D eigenvalue weighted by Crippen LogP contribution is 2.42. The first kappa shape index (κ1) is 28.8. The summed E-state index contributed by atoms with van der Waals surface area (Å²) in [5.41, 5.74) is 3.36. The van der Waals surface area contributed by atoms with Gasteiger partial charge in [-0.25, -0.2) is 0 Å². The second kappa shape index (κ2) is 12.6. The average Bonchev–Trinajstić information content (AvgIpc) is 2.87. The van der Waals surface area contributed by atoms with Crippen LogP contribution in [0.5, 0.6) is 5.75 Å². The Hall–Kier alpha value is -2.81. The third-order valence-electron chi connectivity index (χ3n) is 5.89. The molecule has 0 saturated carbocycles. The molecule has 0 aromatic heterocycles. The molecular weight excluding hydrogens is 626 g/mol. The van der Waals surface area contributed by atoms with Gasteiger partial charge in [0.15, 0.2) is 0 Å². The summed E-state index contributed by atoms with van der Waals surface area (Å²) in [5.74, 6) is -3.33. The smallest absolute Gasteiger partial charge is 0.319 e. The molecule has 1 heterocycles. The van der Waals surface area contributed by atoms with Crippen LogP contribution >= 0.6 is 43.6 Å². The quantitative estimate of drug-likeness (QED) is 0.298. The maximum absolute atomic E-state index is 13.0. The Labute approximate surface area is 236 Å². The summed E-state index contributed by atoms with van der Waals surface area (Å²) < 4.78 is 11.7. The predicted molar refractivity (Wildman–Crippen MR) is 149 cm³/mol. The summed E-state index contributed by atoms with van der Waals surface area (Å²) in [6.45, 7) is 3.91. The van der Waals surface area contributed by atoms with Crippen molar-refractivity contribution in [1.29, 1.82) is 5.26 Å². The molecule has 37 heavy (non-hydrogen) atoms. The van der Waals surface area contributed by atoms with E-state index < -0.39 is 23.7 Å². The Bertz CT molecular complexity index is 1320. The fraction of sp³-hybridized carbons (Fsp3) is 0.308. The number of nitrogens with zero attached hydrogens (tertiary/aromatic N) is 1. The van der Waals surface area contributed by atoms with Crippen LogP contribution in [0.2, 0.25) is 0 Å². The molecule has 0 fully saturated rings. The number of allylic oxidation sites excluding steroid dienone is 1. The van der Waals surface area contributed by atoms with Crippen LogP contribution in [0.4, 0.5) is 5.69 Å². The van der Waals surface area contributed by atoms with E-state index in [9.17, 15) is 19.6 Å². The molecule has 0 radical (unpaired) electrons.